The summed E-state index contributed by atoms with van der Waals surface area (Å²) in [6, 6.07) is 3.50. The van der Waals surface area contributed by atoms with Crippen LogP contribution in [0.4, 0.5) is 0 Å². The molecule has 0 aliphatic carbocycles. The summed E-state index contributed by atoms with van der Waals surface area (Å²) < 4.78 is 6.96. The van der Waals surface area contributed by atoms with Gasteiger partial charge in [-0.1, -0.05) is 0 Å². The number of carboxylic acid groups (broad SMARTS) is 1. The van der Waals surface area contributed by atoms with Crippen LogP contribution in [0.15, 0.2) is 29.0 Å². The molecule has 0 unspecified atom stereocenters. The number of furan rings is 1. The Labute approximate surface area is 104 Å². The second-order valence-corrected chi connectivity index (χ2v) is 3.98. The molecule has 0 aromatic carbocycles. The number of rotatable bonds is 6. The molecule has 0 radical (unpaired) electrons. The van der Waals surface area contributed by atoms with Crippen molar-refractivity contribution in [1.29, 1.82) is 0 Å². The minimum atomic E-state index is -0.972. The average Bonchev–Trinajstić information content (AvgIpc) is 2.94. The zero-order chi connectivity index (χ0) is 13.0. The van der Waals surface area contributed by atoms with Crippen molar-refractivity contribution in [2.24, 2.45) is 7.05 Å². The third-order valence-electron chi connectivity index (χ3n) is 2.68. The van der Waals surface area contributed by atoms with Crippen molar-refractivity contribution in [3.05, 3.63) is 41.6 Å². The van der Waals surface area contributed by atoms with Crippen LogP contribution in [0.2, 0.25) is 0 Å². The summed E-state index contributed by atoms with van der Waals surface area (Å²) in [5.74, 6) is -0.350. The molecule has 2 N–H and O–H groups in total. The molecule has 0 saturated heterocycles. The van der Waals surface area contributed by atoms with Gasteiger partial charge < -0.3 is 14.8 Å². The van der Waals surface area contributed by atoms with Gasteiger partial charge in [0.2, 0.25) is 0 Å². The minimum absolute atomic E-state index is 0.179. The van der Waals surface area contributed by atoms with Crippen molar-refractivity contribution in [2.75, 3.05) is 6.54 Å². The van der Waals surface area contributed by atoms with Gasteiger partial charge >= 0.3 is 5.97 Å². The Hall–Kier alpha value is -2.08. The number of aryl methyl sites for hydroxylation is 1. The summed E-state index contributed by atoms with van der Waals surface area (Å²) in [5, 5.41) is 16.0. The largest absolute Gasteiger partial charge is 0.478 e. The van der Waals surface area contributed by atoms with Crippen LogP contribution in [0.5, 0.6) is 0 Å². The predicted molar refractivity (Wildman–Crippen MR) is 64.3 cm³/mol. The maximum absolute atomic E-state index is 10.6. The molecular weight excluding hydrogens is 234 g/mol. The highest BCUT2D eigenvalue weighted by Crippen LogP contribution is 2.07. The Kier molecular flexibility index (Phi) is 3.78. The molecule has 0 atom stereocenters. The fourth-order valence-electron chi connectivity index (χ4n) is 1.66. The summed E-state index contributed by atoms with van der Waals surface area (Å²) in [5.41, 5.74) is 1.33. The van der Waals surface area contributed by atoms with E-state index in [0.717, 1.165) is 18.7 Å². The highest BCUT2D eigenvalue weighted by Gasteiger charge is 2.07. The van der Waals surface area contributed by atoms with Crippen LogP contribution < -0.4 is 5.32 Å². The normalized spacial score (nSPS) is 10.7. The summed E-state index contributed by atoms with van der Waals surface area (Å²) in [6.45, 7) is 1.30. The van der Waals surface area contributed by atoms with Crippen LogP contribution >= 0.6 is 0 Å². The number of carboxylic acids is 1. The number of aromatic carboxylic acids is 1. The fraction of sp³-hybridized carbons (Fsp3) is 0.333. The Morgan fingerprint density at radius 1 is 1.61 bits per heavy atom. The van der Waals surface area contributed by atoms with E-state index in [2.05, 4.69) is 10.4 Å². The molecule has 0 bridgehead atoms. The first kappa shape index (κ1) is 12.4. The molecule has 2 heterocycles. The number of nitrogens with one attached hydrogen (secondary N) is 1. The lowest BCUT2D eigenvalue weighted by molar-refractivity contribution is 0.0696. The topological polar surface area (TPSA) is 80.3 Å². The molecule has 0 amide bonds. The van der Waals surface area contributed by atoms with Crippen LogP contribution in [0, 0.1) is 0 Å². The van der Waals surface area contributed by atoms with Gasteiger partial charge in [-0.2, -0.15) is 5.10 Å². The lowest BCUT2D eigenvalue weighted by atomic mass is 10.3. The molecule has 2 aromatic heterocycles. The van der Waals surface area contributed by atoms with Crippen molar-refractivity contribution >= 4 is 5.97 Å². The molecule has 2 aromatic rings. The number of nitrogens with zero attached hydrogens (tertiary/aromatic N) is 2. The SMILES string of the molecule is Cn1nccc1CCNCc1cc(C(=O)O)co1. The van der Waals surface area contributed by atoms with Crippen LogP contribution in [0.1, 0.15) is 21.8 Å². The first-order chi connectivity index (χ1) is 8.66. The Balaban J connectivity index is 1.75. The zero-order valence-electron chi connectivity index (χ0n) is 10.1. The van der Waals surface area contributed by atoms with Gasteiger partial charge in [0.25, 0.3) is 0 Å². The minimum Gasteiger partial charge on any atom is -0.478 e. The van der Waals surface area contributed by atoms with Crippen LogP contribution in [0.3, 0.4) is 0 Å². The van der Waals surface area contributed by atoms with Gasteiger partial charge in [0.05, 0.1) is 12.1 Å². The van der Waals surface area contributed by atoms with Crippen molar-refractivity contribution in [3.8, 4) is 0 Å². The number of aromatic nitrogens is 2. The van der Waals surface area contributed by atoms with Gasteiger partial charge in [-0.3, -0.25) is 4.68 Å². The maximum Gasteiger partial charge on any atom is 0.338 e. The maximum atomic E-state index is 10.6. The van der Waals surface area contributed by atoms with E-state index in [1.165, 1.54) is 12.3 Å². The quantitative estimate of drug-likeness (QED) is 0.748. The Morgan fingerprint density at radius 2 is 2.44 bits per heavy atom. The molecular formula is C12H15N3O3. The molecule has 2 rings (SSSR count). The van der Waals surface area contributed by atoms with Crippen LogP contribution in [0.25, 0.3) is 0 Å². The van der Waals surface area contributed by atoms with Crippen molar-refractivity contribution in [1.82, 2.24) is 15.1 Å². The van der Waals surface area contributed by atoms with E-state index in [1.54, 1.807) is 6.20 Å². The second-order valence-electron chi connectivity index (χ2n) is 3.98. The highest BCUT2D eigenvalue weighted by atomic mass is 16.4. The summed E-state index contributed by atoms with van der Waals surface area (Å²) in [4.78, 5) is 10.6. The van der Waals surface area contributed by atoms with Gasteiger partial charge in [-0.15, -0.1) is 0 Å². The lowest BCUT2D eigenvalue weighted by Gasteiger charge is -2.03. The molecule has 96 valence electrons. The van der Waals surface area contributed by atoms with E-state index in [0.29, 0.717) is 12.3 Å². The summed E-state index contributed by atoms with van der Waals surface area (Å²) in [6.07, 6.45) is 3.88. The van der Waals surface area contributed by atoms with Crippen LogP contribution in [-0.4, -0.2) is 27.4 Å². The monoisotopic (exact) mass is 249 g/mol. The van der Waals surface area contributed by atoms with Gasteiger partial charge in [-0.25, -0.2) is 4.79 Å². The van der Waals surface area contributed by atoms with E-state index in [1.807, 2.05) is 17.8 Å². The van der Waals surface area contributed by atoms with Crippen LogP contribution in [-0.2, 0) is 20.0 Å². The second kappa shape index (κ2) is 5.50. The standard InChI is InChI=1S/C12H15N3O3/c1-15-10(3-5-14-15)2-4-13-7-11-6-9(8-18-11)12(16)17/h3,5-6,8,13H,2,4,7H2,1H3,(H,16,17). The molecule has 0 aliphatic rings. The third kappa shape index (κ3) is 2.98. The van der Waals surface area contributed by atoms with Gasteiger partial charge in [0.15, 0.2) is 0 Å². The number of hydrogen-bond donors (Lipinski definition) is 2. The molecule has 0 aliphatic heterocycles. The smallest absolute Gasteiger partial charge is 0.338 e. The average molecular weight is 249 g/mol. The zero-order valence-corrected chi connectivity index (χ0v) is 10.1. The van der Waals surface area contributed by atoms with E-state index >= 15 is 0 Å². The van der Waals surface area contributed by atoms with Crippen molar-refractivity contribution < 1.29 is 14.3 Å². The van der Waals surface area contributed by atoms with E-state index in [9.17, 15) is 4.79 Å². The number of carbonyl (C=O) groups is 1. The first-order valence-electron chi connectivity index (χ1n) is 5.65. The Bertz CT molecular complexity index is 530. The molecule has 0 spiro atoms. The van der Waals surface area contributed by atoms with Gasteiger partial charge in [0, 0.05) is 31.9 Å². The van der Waals surface area contributed by atoms with E-state index in [-0.39, 0.29) is 5.56 Å². The lowest BCUT2D eigenvalue weighted by Crippen LogP contribution is -2.17. The molecule has 6 nitrogen and oxygen atoms in total. The first-order valence-corrected chi connectivity index (χ1v) is 5.65. The third-order valence-corrected chi connectivity index (χ3v) is 2.68. The van der Waals surface area contributed by atoms with Gasteiger partial charge in [-0.05, 0) is 12.1 Å². The predicted octanol–water partition coefficient (Wildman–Crippen LogP) is 1.04. The summed E-state index contributed by atoms with van der Waals surface area (Å²) >= 11 is 0. The highest BCUT2D eigenvalue weighted by molar-refractivity contribution is 5.87. The number of hydrogen-bond acceptors (Lipinski definition) is 4. The van der Waals surface area contributed by atoms with Gasteiger partial charge in [0.1, 0.15) is 12.0 Å². The molecule has 6 heteroatoms. The van der Waals surface area contributed by atoms with Crippen molar-refractivity contribution in [2.45, 2.75) is 13.0 Å². The fourth-order valence-corrected chi connectivity index (χ4v) is 1.66. The van der Waals surface area contributed by atoms with E-state index in [4.69, 9.17) is 9.52 Å². The van der Waals surface area contributed by atoms with Crippen molar-refractivity contribution in [3.63, 3.8) is 0 Å². The summed E-state index contributed by atoms with van der Waals surface area (Å²) in [7, 11) is 1.90. The molecule has 18 heavy (non-hydrogen) atoms. The Morgan fingerprint density at radius 3 is 3.06 bits per heavy atom. The van der Waals surface area contributed by atoms with E-state index < -0.39 is 5.97 Å². The molecule has 0 saturated carbocycles. The molecule has 0 fully saturated rings.